The lowest BCUT2D eigenvalue weighted by Crippen LogP contribution is -2.26. The molecule has 0 aliphatic heterocycles. The van der Waals surface area contributed by atoms with Crippen LogP contribution >= 0.6 is 0 Å². The van der Waals surface area contributed by atoms with E-state index in [-0.39, 0.29) is 0 Å². The third kappa shape index (κ3) is 3.52. The van der Waals surface area contributed by atoms with Crippen molar-refractivity contribution in [2.24, 2.45) is 5.10 Å². The van der Waals surface area contributed by atoms with Gasteiger partial charge in [-0.25, -0.2) is 5.43 Å². The number of rotatable bonds is 4. The Kier molecular flexibility index (Phi) is 4.63. The third-order valence-electron chi connectivity index (χ3n) is 2.89. The maximum atomic E-state index is 11.8. The third-order valence-corrected chi connectivity index (χ3v) is 2.89. The summed E-state index contributed by atoms with van der Waals surface area (Å²) in [5.41, 5.74) is 4.52. The molecule has 2 rings (SSSR count). The first-order valence-electron chi connectivity index (χ1n) is 6.31. The summed E-state index contributed by atoms with van der Waals surface area (Å²) in [6.45, 7) is 1.80. The second-order valence-electron chi connectivity index (χ2n) is 4.35. The predicted molar refractivity (Wildman–Crippen MR) is 78.2 cm³/mol. The van der Waals surface area contributed by atoms with Gasteiger partial charge in [-0.2, -0.15) is 5.10 Å². The molecule has 0 aromatic heterocycles. The Morgan fingerprint density at radius 1 is 1.05 bits per heavy atom. The number of amides is 1. The Hall–Kier alpha value is -2.46. The van der Waals surface area contributed by atoms with Crippen molar-refractivity contribution >= 4 is 11.6 Å². The Morgan fingerprint density at radius 2 is 1.60 bits per heavy atom. The Labute approximate surface area is 117 Å². The number of aliphatic hydroxyl groups excluding tert-OH is 1. The molecule has 0 saturated carbocycles. The normalized spacial score (nSPS) is 12.8. The van der Waals surface area contributed by atoms with E-state index in [0.717, 1.165) is 5.56 Å². The van der Waals surface area contributed by atoms with E-state index in [2.05, 4.69) is 10.5 Å². The second kappa shape index (κ2) is 6.63. The molecule has 1 amide bonds. The van der Waals surface area contributed by atoms with Crippen LogP contribution in [-0.2, 0) is 4.79 Å². The van der Waals surface area contributed by atoms with E-state index in [1.807, 2.05) is 36.4 Å². The zero-order chi connectivity index (χ0) is 14.4. The van der Waals surface area contributed by atoms with Crippen molar-refractivity contribution in [2.45, 2.75) is 13.0 Å². The summed E-state index contributed by atoms with van der Waals surface area (Å²) >= 11 is 0. The summed E-state index contributed by atoms with van der Waals surface area (Å²) in [6.07, 6.45) is -1.22. The van der Waals surface area contributed by atoms with Crippen molar-refractivity contribution in [2.75, 3.05) is 0 Å². The standard InChI is InChI=1S/C16H16N2O2/c1-12(13-8-4-2-5-9-13)17-18-16(20)15(19)14-10-6-3-7-11-14/h2-11,15,19H,1H3,(H,18,20). The Balaban J connectivity index is 2.02. The SMILES string of the molecule is CC(=NNC(=O)C(O)c1ccccc1)c1ccccc1. The van der Waals surface area contributed by atoms with E-state index >= 15 is 0 Å². The van der Waals surface area contributed by atoms with Crippen LogP contribution in [0.3, 0.4) is 0 Å². The lowest BCUT2D eigenvalue weighted by Gasteiger charge is -2.09. The number of hydrazone groups is 1. The van der Waals surface area contributed by atoms with E-state index in [0.29, 0.717) is 11.3 Å². The number of aliphatic hydroxyl groups is 1. The molecule has 0 radical (unpaired) electrons. The Morgan fingerprint density at radius 3 is 2.20 bits per heavy atom. The van der Waals surface area contributed by atoms with Crippen LogP contribution in [0.4, 0.5) is 0 Å². The molecule has 0 heterocycles. The second-order valence-corrected chi connectivity index (χ2v) is 4.35. The molecule has 4 heteroatoms. The van der Waals surface area contributed by atoms with Crippen molar-refractivity contribution < 1.29 is 9.90 Å². The van der Waals surface area contributed by atoms with E-state index < -0.39 is 12.0 Å². The molecule has 0 fully saturated rings. The van der Waals surface area contributed by atoms with Crippen LogP contribution in [0.1, 0.15) is 24.2 Å². The number of hydrogen-bond donors (Lipinski definition) is 2. The molecule has 1 atom stereocenters. The first kappa shape index (κ1) is 14.0. The van der Waals surface area contributed by atoms with Gasteiger partial charge < -0.3 is 5.11 Å². The minimum absolute atomic E-state index is 0.539. The fraction of sp³-hybridized carbons (Fsp3) is 0.125. The Bertz CT molecular complexity index is 594. The largest absolute Gasteiger partial charge is 0.378 e. The van der Waals surface area contributed by atoms with Crippen molar-refractivity contribution in [3.63, 3.8) is 0 Å². The molecule has 2 aromatic carbocycles. The highest BCUT2D eigenvalue weighted by Gasteiger charge is 2.16. The highest BCUT2D eigenvalue weighted by molar-refractivity contribution is 5.99. The van der Waals surface area contributed by atoms with Crippen LogP contribution in [0, 0.1) is 0 Å². The van der Waals surface area contributed by atoms with Gasteiger partial charge in [-0.3, -0.25) is 4.79 Å². The van der Waals surface area contributed by atoms with Gasteiger partial charge in [0, 0.05) is 0 Å². The van der Waals surface area contributed by atoms with E-state index in [1.165, 1.54) is 0 Å². The van der Waals surface area contributed by atoms with Crippen LogP contribution in [-0.4, -0.2) is 16.7 Å². The van der Waals surface area contributed by atoms with E-state index in [1.54, 1.807) is 31.2 Å². The first-order valence-corrected chi connectivity index (χ1v) is 6.31. The molecule has 2 N–H and O–H groups in total. The summed E-state index contributed by atoms with van der Waals surface area (Å²) < 4.78 is 0. The lowest BCUT2D eigenvalue weighted by molar-refractivity contribution is -0.129. The smallest absolute Gasteiger partial charge is 0.273 e. The van der Waals surface area contributed by atoms with Crippen LogP contribution in [0.5, 0.6) is 0 Å². The molecular formula is C16H16N2O2. The van der Waals surface area contributed by atoms with Gasteiger partial charge in [0.1, 0.15) is 0 Å². The number of carbonyl (C=O) groups excluding carboxylic acids is 1. The maximum absolute atomic E-state index is 11.8. The number of hydrogen-bond acceptors (Lipinski definition) is 3. The molecule has 0 spiro atoms. The summed E-state index contributed by atoms with van der Waals surface area (Å²) in [5, 5.41) is 13.9. The zero-order valence-corrected chi connectivity index (χ0v) is 11.2. The minimum Gasteiger partial charge on any atom is -0.378 e. The molecule has 0 saturated heterocycles. The topological polar surface area (TPSA) is 61.7 Å². The summed E-state index contributed by atoms with van der Waals surface area (Å²) in [4.78, 5) is 11.8. The summed E-state index contributed by atoms with van der Waals surface area (Å²) in [5.74, 6) is -0.550. The van der Waals surface area contributed by atoms with Crippen molar-refractivity contribution in [1.82, 2.24) is 5.43 Å². The monoisotopic (exact) mass is 268 g/mol. The van der Waals surface area contributed by atoms with Crippen LogP contribution in [0.2, 0.25) is 0 Å². The lowest BCUT2D eigenvalue weighted by atomic mass is 10.1. The van der Waals surface area contributed by atoms with Crippen LogP contribution in [0.15, 0.2) is 65.8 Å². The van der Waals surface area contributed by atoms with Crippen molar-refractivity contribution in [1.29, 1.82) is 0 Å². The molecule has 0 aliphatic rings. The fourth-order valence-electron chi connectivity index (χ4n) is 1.73. The first-order chi connectivity index (χ1) is 9.68. The van der Waals surface area contributed by atoms with Gasteiger partial charge in [0.25, 0.3) is 5.91 Å². The highest BCUT2D eigenvalue weighted by atomic mass is 16.3. The summed E-state index contributed by atoms with van der Waals surface area (Å²) in [6, 6.07) is 18.3. The van der Waals surface area contributed by atoms with Crippen molar-refractivity contribution in [3.05, 3.63) is 71.8 Å². The number of benzene rings is 2. The van der Waals surface area contributed by atoms with Gasteiger partial charge in [0.2, 0.25) is 0 Å². The van der Waals surface area contributed by atoms with Crippen molar-refractivity contribution in [3.8, 4) is 0 Å². The number of nitrogens with zero attached hydrogens (tertiary/aromatic N) is 1. The summed E-state index contributed by atoms with van der Waals surface area (Å²) in [7, 11) is 0. The minimum atomic E-state index is -1.22. The van der Waals surface area contributed by atoms with Gasteiger partial charge in [0.15, 0.2) is 6.10 Å². The average molecular weight is 268 g/mol. The number of carbonyl (C=O) groups is 1. The molecule has 1 unspecified atom stereocenters. The van der Waals surface area contributed by atoms with E-state index in [4.69, 9.17) is 0 Å². The van der Waals surface area contributed by atoms with Gasteiger partial charge in [-0.05, 0) is 18.1 Å². The van der Waals surface area contributed by atoms with Gasteiger partial charge in [-0.1, -0.05) is 60.7 Å². The molecule has 2 aromatic rings. The van der Waals surface area contributed by atoms with Crippen LogP contribution < -0.4 is 5.43 Å². The van der Waals surface area contributed by atoms with Crippen LogP contribution in [0.25, 0.3) is 0 Å². The highest BCUT2D eigenvalue weighted by Crippen LogP contribution is 2.11. The molecule has 20 heavy (non-hydrogen) atoms. The predicted octanol–water partition coefficient (Wildman–Crippen LogP) is 2.26. The van der Waals surface area contributed by atoms with Gasteiger partial charge in [-0.15, -0.1) is 0 Å². The van der Waals surface area contributed by atoms with Gasteiger partial charge >= 0.3 is 0 Å². The fourth-order valence-corrected chi connectivity index (χ4v) is 1.73. The molecule has 4 nitrogen and oxygen atoms in total. The zero-order valence-electron chi connectivity index (χ0n) is 11.2. The maximum Gasteiger partial charge on any atom is 0.273 e. The molecular weight excluding hydrogens is 252 g/mol. The molecule has 0 aliphatic carbocycles. The quantitative estimate of drug-likeness (QED) is 0.660. The van der Waals surface area contributed by atoms with E-state index in [9.17, 15) is 9.90 Å². The molecule has 0 bridgehead atoms. The van der Waals surface area contributed by atoms with Gasteiger partial charge in [0.05, 0.1) is 5.71 Å². The molecule has 102 valence electrons. The average Bonchev–Trinajstić information content (AvgIpc) is 2.53. The number of nitrogens with one attached hydrogen (secondary N) is 1.